The zero-order valence-corrected chi connectivity index (χ0v) is 16.3. The summed E-state index contributed by atoms with van der Waals surface area (Å²) in [6, 6.07) is 8.20. The van der Waals surface area contributed by atoms with Gasteiger partial charge in [0.1, 0.15) is 5.76 Å². The number of furan rings is 1. The van der Waals surface area contributed by atoms with Crippen molar-refractivity contribution in [1.82, 2.24) is 10.2 Å². The van der Waals surface area contributed by atoms with Crippen LogP contribution in [0.15, 0.2) is 47.1 Å². The summed E-state index contributed by atoms with van der Waals surface area (Å²) in [5.74, 6) is -0.0942. The molecule has 2 fully saturated rings. The van der Waals surface area contributed by atoms with Gasteiger partial charge in [-0.1, -0.05) is 12.1 Å². The Hall–Kier alpha value is -2.77. The Kier molecular flexibility index (Phi) is 5.58. The largest absolute Gasteiger partial charge is 0.467 e. The molecular weight excluding hydrogens is 397 g/mol. The predicted octanol–water partition coefficient (Wildman–Crippen LogP) is 4.30. The smallest absolute Gasteiger partial charge is 0.416 e. The highest BCUT2D eigenvalue weighted by molar-refractivity contribution is 5.84. The van der Waals surface area contributed by atoms with Gasteiger partial charge in [-0.25, -0.2) is 0 Å². The number of piperidine rings is 1. The normalized spacial score (nSPS) is 22.0. The number of nitrogens with one attached hydrogen (secondary N) is 1. The summed E-state index contributed by atoms with van der Waals surface area (Å²) < 4.78 is 44.7. The van der Waals surface area contributed by atoms with Gasteiger partial charge in [0, 0.05) is 12.5 Å². The maximum absolute atomic E-state index is 13.2. The third kappa shape index (κ3) is 4.52. The highest BCUT2D eigenvalue weighted by atomic mass is 19.4. The summed E-state index contributed by atoms with van der Waals surface area (Å²) in [5.41, 5.74) is -0.259. The van der Waals surface area contributed by atoms with Crippen LogP contribution < -0.4 is 5.32 Å². The summed E-state index contributed by atoms with van der Waals surface area (Å²) in [6.45, 7) is 0.468. The lowest BCUT2D eigenvalue weighted by atomic mass is 9.87. The number of nitrogens with zero attached hydrogens (tertiary/aromatic N) is 1. The minimum atomic E-state index is -4.44. The van der Waals surface area contributed by atoms with Gasteiger partial charge in [0.15, 0.2) is 0 Å². The van der Waals surface area contributed by atoms with Gasteiger partial charge < -0.3 is 14.6 Å². The van der Waals surface area contributed by atoms with E-state index < -0.39 is 23.7 Å². The number of hydrogen-bond donors (Lipinski definition) is 1. The van der Waals surface area contributed by atoms with Crippen LogP contribution in [0.5, 0.6) is 0 Å². The average molecular weight is 420 g/mol. The number of alkyl halides is 3. The highest BCUT2D eigenvalue weighted by Crippen LogP contribution is 2.40. The van der Waals surface area contributed by atoms with E-state index in [0.717, 1.165) is 25.0 Å². The van der Waals surface area contributed by atoms with Crippen LogP contribution in [0.25, 0.3) is 0 Å². The molecule has 1 aromatic carbocycles. The molecule has 1 aliphatic heterocycles. The molecule has 5 nitrogen and oxygen atoms in total. The first-order valence-corrected chi connectivity index (χ1v) is 10.1. The van der Waals surface area contributed by atoms with Crippen LogP contribution in [0.4, 0.5) is 13.2 Å². The second kappa shape index (κ2) is 8.16. The molecular formula is C22H23F3N2O3. The number of benzene rings is 1. The Bertz CT molecular complexity index is 907. The Morgan fingerprint density at radius 1 is 1.07 bits per heavy atom. The fraction of sp³-hybridized carbons (Fsp3) is 0.455. The van der Waals surface area contributed by atoms with Crippen molar-refractivity contribution in [1.29, 1.82) is 0 Å². The molecule has 30 heavy (non-hydrogen) atoms. The lowest BCUT2D eigenvalue weighted by Gasteiger charge is -2.40. The lowest BCUT2D eigenvalue weighted by Crippen LogP contribution is -2.47. The molecule has 2 heterocycles. The van der Waals surface area contributed by atoms with Crippen LogP contribution in [0, 0.1) is 11.8 Å². The first kappa shape index (κ1) is 20.5. The standard InChI is InChI=1S/C22H23F3N2O3/c23-22(24,25)17-4-1-3-15(11-17)19-9-8-16(13-27(19)21(29)14-6-7-14)20(28)26-12-18-5-2-10-30-18/h1-5,10-11,14,16,19H,6-9,12-13H2,(H,26,28). The van der Waals surface area contributed by atoms with E-state index in [1.54, 1.807) is 23.1 Å². The van der Waals surface area contributed by atoms with Crippen LogP contribution >= 0.6 is 0 Å². The predicted molar refractivity (Wildman–Crippen MR) is 102 cm³/mol. The molecule has 2 aliphatic rings. The van der Waals surface area contributed by atoms with E-state index in [2.05, 4.69) is 5.32 Å². The minimum Gasteiger partial charge on any atom is -0.467 e. The van der Waals surface area contributed by atoms with Gasteiger partial charge in [-0.15, -0.1) is 0 Å². The van der Waals surface area contributed by atoms with Gasteiger partial charge in [0.25, 0.3) is 0 Å². The molecule has 1 aromatic heterocycles. The highest BCUT2D eigenvalue weighted by Gasteiger charge is 2.41. The van der Waals surface area contributed by atoms with Crippen molar-refractivity contribution >= 4 is 11.8 Å². The average Bonchev–Trinajstić information content (AvgIpc) is 3.46. The number of amides is 2. The van der Waals surface area contributed by atoms with E-state index in [4.69, 9.17) is 4.42 Å². The number of carbonyl (C=O) groups is 2. The van der Waals surface area contributed by atoms with Crippen molar-refractivity contribution in [3.05, 3.63) is 59.5 Å². The van der Waals surface area contributed by atoms with E-state index in [9.17, 15) is 22.8 Å². The Morgan fingerprint density at radius 2 is 1.83 bits per heavy atom. The molecule has 2 atom stereocenters. The zero-order valence-electron chi connectivity index (χ0n) is 16.3. The molecule has 0 radical (unpaired) electrons. The summed E-state index contributed by atoms with van der Waals surface area (Å²) in [7, 11) is 0. The summed E-state index contributed by atoms with van der Waals surface area (Å²) >= 11 is 0. The Morgan fingerprint density at radius 3 is 2.50 bits per heavy atom. The lowest BCUT2D eigenvalue weighted by molar-refractivity contribution is -0.140. The van der Waals surface area contributed by atoms with Crippen LogP contribution in [-0.4, -0.2) is 23.3 Å². The molecule has 2 unspecified atom stereocenters. The topological polar surface area (TPSA) is 62.6 Å². The van der Waals surface area contributed by atoms with Gasteiger partial charge in [-0.05, 0) is 55.5 Å². The minimum absolute atomic E-state index is 0.0686. The number of halogens is 3. The quantitative estimate of drug-likeness (QED) is 0.784. The van der Waals surface area contributed by atoms with Gasteiger partial charge in [0.2, 0.25) is 11.8 Å². The van der Waals surface area contributed by atoms with E-state index in [-0.39, 0.29) is 30.8 Å². The summed E-state index contributed by atoms with van der Waals surface area (Å²) in [6.07, 6.45) is -0.389. The molecule has 160 valence electrons. The molecule has 1 aliphatic carbocycles. The Balaban J connectivity index is 1.50. The van der Waals surface area contributed by atoms with Crippen molar-refractivity contribution in [2.45, 2.75) is 44.4 Å². The van der Waals surface area contributed by atoms with Gasteiger partial charge in [-0.2, -0.15) is 13.2 Å². The number of hydrogen-bond acceptors (Lipinski definition) is 3. The van der Waals surface area contributed by atoms with Crippen molar-refractivity contribution in [2.24, 2.45) is 11.8 Å². The molecule has 4 rings (SSSR count). The van der Waals surface area contributed by atoms with Crippen molar-refractivity contribution < 1.29 is 27.2 Å². The monoisotopic (exact) mass is 420 g/mol. The Labute approximate surface area is 172 Å². The van der Waals surface area contributed by atoms with Gasteiger partial charge >= 0.3 is 6.18 Å². The molecule has 2 aromatic rings. The van der Waals surface area contributed by atoms with E-state index in [1.165, 1.54) is 12.3 Å². The zero-order chi connectivity index (χ0) is 21.3. The molecule has 1 saturated heterocycles. The molecule has 1 saturated carbocycles. The third-order valence-electron chi connectivity index (χ3n) is 5.78. The molecule has 1 N–H and O–H groups in total. The SMILES string of the molecule is O=C(NCc1ccco1)C1CCC(c2cccc(C(F)(F)F)c2)N(C(=O)C2CC2)C1. The van der Waals surface area contributed by atoms with E-state index in [0.29, 0.717) is 24.2 Å². The second-order valence-electron chi connectivity index (χ2n) is 7.98. The van der Waals surface area contributed by atoms with Crippen LogP contribution in [0.1, 0.15) is 48.6 Å². The number of carbonyl (C=O) groups excluding carboxylic acids is 2. The molecule has 0 bridgehead atoms. The first-order valence-electron chi connectivity index (χ1n) is 10.1. The second-order valence-corrected chi connectivity index (χ2v) is 7.98. The molecule has 2 amide bonds. The van der Waals surface area contributed by atoms with Crippen LogP contribution in [-0.2, 0) is 22.3 Å². The maximum atomic E-state index is 13.2. The maximum Gasteiger partial charge on any atom is 0.416 e. The van der Waals surface area contributed by atoms with Crippen LogP contribution in [0.3, 0.4) is 0 Å². The van der Waals surface area contributed by atoms with Crippen molar-refractivity contribution in [2.75, 3.05) is 6.54 Å². The number of rotatable bonds is 5. The van der Waals surface area contributed by atoms with Gasteiger partial charge in [0.05, 0.1) is 30.3 Å². The van der Waals surface area contributed by atoms with E-state index in [1.807, 2.05) is 0 Å². The van der Waals surface area contributed by atoms with Gasteiger partial charge in [-0.3, -0.25) is 9.59 Å². The van der Waals surface area contributed by atoms with Crippen LogP contribution in [0.2, 0.25) is 0 Å². The fourth-order valence-electron chi connectivity index (χ4n) is 3.99. The summed E-state index contributed by atoms with van der Waals surface area (Å²) in [4.78, 5) is 27.2. The fourth-order valence-corrected chi connectivity index (χ4v) is 3.99. The number of likely N-dealkylation sites (tertiary alicyclic amines) is 1. The molecule has 0 spiro atoms. The van der Waals surface area contributed by atoms with E-state index >= 15 is 0 Å². The van der Waals surface area contributed by atoms with Crippen molar-refractivity contribution in [3.63, 3.8) is 0 Å². The third-order valence-corrected chi connectivity index (χ3v) is 5.78. The first-order chi connectivity index (χ1) is 14.3. The van der Waals surface area contributed by atoms with Crippen molar-refractivity contribution in [3.8, 4) is 0 Å². The summed E-state index contributed by atoms with van der Waals surface area (Å²) in [5, 5.41) is 2.82. The molecule has 8 heteroatoms.